The number of morpholine rings is 1. The third kappa shape index (κ3) is 4.86. The fraction of sp³-hybridized carbons (Fsp3) is 0.364. The molecule has 0 aliphatic carbocycles. The lowest BCUT2D eigenvalue weighted by Gasteiger charge is -2.36. The van der Waals surface area contributed by atoms with Crippen molar-refractivity contribution in [3.8, 4) is 11.5 Å². The van der Waals surface area contributed by atoms with Crippen molar-refractivity contribution in [3.05, 3.63) is 59.7 Å². The minimum atomic E-state index is -0.684. The predicted octanol–water partition coefficient (Wildman–Crippen LogP) is 2.09. The first-order chi connectivity index (χ1) is 14.0. The first-order valence-electron chi connectivity index (χ1n) is 9.40. The van der Waals surface area contributed by atoms with Crippen LogP contribution in [0.4, 0.5) is 0 Å². The van der Waals surface area contributed by atoms with Crippen molar-refractivity contribution in [2.24, 2.45) is 0 Å². The van der Waals surface area contributed by atoms with Crippen LogP contribution in [0, 0.1) is 0 Å². The van der Waals surface area contributed by atoms with Crippen LogP contribution in [0.15, 0.2) is 48.5 Å². The number of hydrogen-bond acceptors (Lipinski definition) is 5. The molecule has 2 amide bonds. The molecule has 1 heterocycles. The zero-order valence-corrected chi connectivity index (χ0v) is 17.0. The molecule has 29 heavy (non-hydrogen) atoms. The van der Waals surface area contributed by atoms with E-state index in [9.17, 15) is 9.59 Å². The molecule has 2 aromatic carbocycles. The van der Waals surface area contributed by atoms with Crippen LogP contribution in [-0.4, -0.2) is 62.1 Å². The topological polar surface area (TPSA) is 68.3 Å². The predicted molar refractivity (Wildman–Crippen MR) is 108 cm³/mol. The average Bonchev–Trinajstić information content (AvgIpc) is 2.75. The Morgan fingerprint density at radius 3 is 2.62 bits per heavy atom. The minimum Gasteiger partial charge on any atom is -0.497 e. The van der Waals surface area contributed by atoms with Crippen LogP contribution >= 0.6 is 0 Å². The molecule has 1 fully saturated rings. The highest BCUT2D eigenvalue weighted by atomic mass is 16.5. The number of carbonyl (C=O) groups is 2. The Balaban J connectivity index is 1.78. The molecule has 1 aliphatic rings. The van der Waals surface area contributed by atoms with Crippen LogP contribution in [0.3, 0.4) is 0 Å². The van der Waals surface area contributed by atoms with Crippen molar-refractivity contribution in [1.29, 1.82) is 0 Å². The molecule has 1 atom stereocenters. The maximum Gasteiger partial charge on any atom is 0.249 e. The SMILES string of the molecule is COc1ccc(CN2C(=O)COC[C@H]2C(=O)N(C)Cc2ccccc2)c(OC)c1. The molecule has 7 heteroatoms. The van der Waals surface area contributed by atoms with E-state index < -0.39 is 6.04 Å². The van der Waals surface area contributed by atoms with Crippen LogP contribution in [0.25, 0.3) is 0 Å². The number of methoxy groups -OCH3 is 2. The Morgan fingerprint density at radius 1 is 1.17 bits per heavy atom. The molecule has 2 aromatic rings. The van der Waals surface area contributed by atoms with E-state index in [1.807, 2.05) is 36.4 Å². The standard InChI is InChI=1S/C22H26N2O5/c1-23(12-16-7-5-4-6-8-16)22(26)19-14-29-15-21(25)24(19)13-17-9-10-18(27-2)11-20(17)28-3/h4-11,19H,12-15H2,1-3H3/t19-/m0/s1. The zero-order chi connectivity index (χ0) is 20.8. The van der Waals surface area contributed by atoms with Crippen molar-refractivity contribution in [3.63, 3.8) is 0 Å². The number of rotatable bonds is 7. The van der Waals surface area contributed by atoms with Gasteiger partial charge in [0.05, 0.1) is 27.4 Å². The maximum absolute atomic E-state index is 13.1. The molecule has 154 valence electrons. The second-order valence-electron chi connectivity index (χ2n) is 6.91. The maximum atomic E-state index is 13.1. The Labute approximate surface area is 170 Å². The van der Waals surface area contributed by atoms with Gasteiger partial charge in [0, 0.05) is 25.2 Å². The van der Waals surface area contributed by atoms with Crippen LogP contribution in [0.1, 0.15) is 11.1 Å². The van der Waals surface area contributed by atoms with Gasteiger partial charge < -0.3 is 24.0 Å². The van der Waals surface area contributed by atoms with Gasteiger partial charge in [-0.2, -0.15) is 0 Å². The van der Waals surface area contributed by atoms with Gasteiger partial charge in [-0.25, -0.2) is 0 Å². The van der Waals surface area contributed by atoms with Crippen LogP contribution in [-0.2, 0) is 27.4 Å². The lowest BCUT2D eigenvalue weighted by atomic mass is 10.1. The average molecular weight is 398 g/mol. The fourth-order valence-electron chi connectivity index (χ4n) is 3.36. The largest absolute Gasteiger partial charge is 0.497 e. The van der Waals surface area contributed by atoms with Gasteiger partial charge in [-0.05, 0) is 17.7 Å². The van der Waals surface area contributed by atoms with Gasteiger partial charge in [0.2, 0.25) is 11.8 Å². The molecule has 0 N–H and O–H groups in total. The van der Waals surface area contributed by atoms with Gasteiger partial charge in [0.25, 0.3) is 0 Å². The molecular formula is C22H26N2O5. The molecule has 7 nitrogen and oxygen atoms in total. The summed E-state index contributed by atoms with van der Waals surface area (Å²) >= 11 is 0. The van der Waals surface area contributed by atoms with Gasteiger partial charge >= 0.3 is 0 Å². The quantitative estimate of drug-likeness (QED) is 0.714. The zero-order valence-electron chi connectivity index (χ0n) is 17.0. The summed E-state index contributed by atoms with van der Waals surface area (Å²) in [5.41, 5.74) is 1.82. The number of carbonyl (C=O) groups excluding carboxylic acids is 2. The highest BCUT2D eigenvalue weighted by Crippen LogP contribution is 2.27. The molecule has 3 rings (SSSR count). The fourth-order valence-corrected chi connectivity index (χ4v) is 3.36. The molecule has 1 saturated heterocycles. The highest BCUT2D eigenvalue weighted by molar-refractivity contribution is 5.89. The van der Waals surface area contributed by atoms with Crippen LogP contribution < -0.4 is 9.47 Å². The molecular weight excluding hydrogens is 372 g/mol. The minimum absolute atomic E-state index is 0.0371. The third-order valence-corrected chi connectivity index (χ3v) is 4.96. The number of hydrogen-bond donors (Lipinski definition) is 0. The Hall–Kier alpha value is -3.06. The molecule has 0 radical (unpaired) electrons. The number of amides is 2. The summed E-state index contributed by atoms with van der Waals surface area (Å²) < 4.78 is 16.1. The van der Waals surface area contributed by atoms with Gasteiger partial charge in [-0.3, -0.25) is 9.59 Å². The first-order valence-corrected chi connectivity index (χ1v) is 9.40. The molecule has 0 saturated carbocycles. The summed E-state index contributed by atoms with van der Waals surface area (Å²) in [4.78, 5) is 28.9. The van der Waals surface area contributed by atoms with E-state index in [0.717, 1.165) is 11.1 Å². The number of likely N-dealkylation sites (N-methyl/N-ethyl adjacent to an activating group) is 1. The Bertz CT molecular complexity index is 856. The second kappa shape index (κ2) is 9.43. The highest BCUT2D eigenvalue weighted by Gasteiger charge is 2.36. The van der Waals surface area contributed by atoms with E-state index in [4.69, 9.17) is 14.2 Å². The van der Waals surface area contributed by atoms with E-state index in [1.54, 1.807) is 43.2 Å². The summed E-state index contributed by atoms with van der Waals surface area (Å²) in [7, 11) is 4.88. The van der Waals surface area contributed by atoms with Crippen molar-refractivity contribution >= 4 is 11.8 Å². The Kier molecular flexibility index (Phi) is 6.72. The molecule has 0 bridgehead atoms. The summed E-state index contributed by atoms with van der Waals surface area (Å²) in [5.74, 6) is 0.886. The van der Waals surface area contributed by atoms with Crippen molar-refractivity contribution < 1.29 is 23.8 Å². The van der Waals surface area contributed by atoms with Crippen LogP contribution in [0.5, 0.6) is 11.5 Å². The van der Waals surface area contributed by atoms with Crippen molar-refractivity contribution in [1.82, 2.24) is 9.80 Å². The van der Waals surface area contributed by atoms with E-state index in [1.165, 1.54) is 0 Å². The van der Waals surface area contributed by atoms with E-state index in [2.05, 4.69) is 0 Å². The van der Waals surface area contributed by atoms with E-state index in [-0.39, 0.29) is 31.6 Å². The number of benzene rings is 2. The summed E-state index contributed by atoms with van der Waals surface area (Å²) in [5, 5.41) is 0. The van der Waals surface area contributed by atoms with Crippen molar-refractivity contribution in [2.45, 2.75) is 19.1 Å². The first kappa shape index (κ1) is 20.7. The molecule has 0 aromatic heterocycles. The van der Waals surface area contributed by atoms with Crippen molar-refractivity contribution in [2.75, 3.05) is 34.5 Å². The van der Waals surface area contributed by atoms with Gasteiger partial charge in [-0.15, -0.1) is 0 Å². The third-order valence-electron chi connectivity index (χ3n) is 4.96. The smallest absolute Gasteiger partial charge is 0.249 e. The number of nitrogens with zero attached hydrogens (tertiary/aromatic N) is 2. The van der Waals surface area contributed by atoms with Gasteiger partial charge in [0.1, 0.15) is 24.1 Å². The molecule has 1 aliphatic heterocycles. The second-order valence-corrected chi connectivity index (χ2v) is 6.91. The van der Waals surface area contributed by atoms with E-state index >= 15 is 0 Å². The number of ether oxygens (including phenoxy) is 3. The van der Waals surface area contributed by atoms with Crippen LogP contribution in [0.2, 0.25) is 0 Å². The monoisotopic (exact) mass is 398 g/mol. The Morgan fingerprint density at radius 2 is 1.93 bits per heavy atom. The lowest BCUT2D eigenvalue weighted by molar-refractivity contribution is -0.159. The summed E-state index contributed by atoms with van der Waals surface area (Å²) in [6.07, 6.45) is 0. The lowest BCUT2D eigenvalue weighted by Crippen LogP contribution is -2.56. The normalized spacial score (nSPS) is 16.4. The molecule has 0 spiro atoms. The summed E-state index contributed by atoms with van der Waals surface area (Å²) in [6.45, 7) is 0.849. The molecule has 0 unspecified atom stereocenters. The van der Waals surface area contributed by atoms with Gasteiger partial charge in [-0.1, -0.05) is 30.3 Å². The van der Waals surface area contributed by atoms with E-state index in [0.29, 0.717) is 18.0 Å². The van der Waals surface area contributed by atoms with Gasteiger partial charge in [0.15, 0.2) is 0 Å². The summed E-state index contributed by atoms with van der Waals surface area (Å²) in [6, 6.07) is 14.5.